The maximum absolute atomic E-state index is 12.3. The van der Waals surface area contributed by atoms with Crippen LogP contribution in [0.4, 0.5) is 5.00 Å². The third-order valence-electron chi connectivity index (χ3n) is 4.04. The first-order valence-electron chi connectivity index (χ1n) is 7.95. The topological polar surface area (TPSA) is 79.0 Å². The van der Waals surface area contributed by atoms with E-state index in [1.807, 2.05) is 6.07 Å². The number of methoxy groups -OCH3 is 1. The van der Waals surface area contributed by atoms with Gasteiger partial charge in [-0.25, -0.2) is 4.79 Å². The second-order valence-corrected chi connectivity index (χ2v) is 7.16. The minimum atomic E-state index is -0.298. The maximum Gasteiger partial charge on any atom is 0.341 e. The van der Waals surface area contributed by atoms with Crippen LogP contribution in [-0.2, 0) is 24.1 Å². The van der Waals surface area contributed by atoms with Crippen molar-refractivity contribution >= 4 is 39.6 Å². The van der Waals surface area contributed by atoms with Crippen LogP contribution in [0.2, 0.25) is 0 Å². The lowest BCUT2D eigenvalue weighted by Gasteiger charge is -2.10. The summed E-state index contributed by atoms with van der Waals surface area (Å²) in [5.41, 5.74) is 2.71. The molecule has 3 N–H and O–H groups in total. The third kappa shape index (κ3) is 3.76. The molecule has 0 aromatic carbocycles. The summed E-state index contributed by atoms with van der Waals surface area (Å²) >= 11 is 6.97. The minimum absolute atomic E-state index is 0.298. The van der Waals surface area contributed by atoms with Crippen LogP contribution in [0.25, 0.3) is 0 Å². The Morgan fingerprint density at radius 2 is 2.25 bits per heavy atom. The van der Waals surface area contributed by atoms with Crippen molar-refractivity contribution in [2.24, 2.45) is 0 Å². The molecular weight excluding hydrogens is 344 g/mol. The zero-order chi connectivity index (χ0) is 16.9. The van der Waals surface area contributed by atoms with Gasteiger partial charge in [0.15, 0.2) is 5.11 Å². The summed E-state index contributed by atoms with van der Waals surface area (Å²) in [6.07, 6.45) is 7.10. The van der Waals surface area contributed by atoms with Crippen molar-refractivity contribution in [2.75, 3.05) is 12.4 Å². The summed E-state index contributed by atoms with van der Waals surface area (Å²) in [6.45, 7) is 0.546. The summed E-state index contributed by atoms with van der Waals surface area (Å²) in [6, 6.07) is 1.88. The van der Waals surface area contributed by atoms with Crippen LogP contribution in [0.1, 0.15) is 45.8 Å². The molecule has 3 rings (SSSR count). The number of hydrogen-bond acceptors (Lipinski definition) is 5. The van der Waals surface area contributed by atoms with Crippen molar-refractivity contribution in [1.82, 2.24) is 15.5 Å². The van der Waals surface area contributed by atoms with E-state index in [2.05, 4.69) is 20.8 Å². The Bertz CT molecular complexity index is 725. The normalized spacial score (nSPS) is 13.7. The predicted molar refractivity (Wildman–Crippen MR) is 98.6 cm³/mol. The Kier molecular flexibility index (Phi) is 5.47. The molecule has 2 aromatic rings. The van der Waals surface area contributed by atoms with Gasteiger partial charge in [0.1, 0.15) is 5.00 Å². The van der Waals surface area contributed by atoms with Gasteiger partial charge in [-0.1, -0.05) is 6.42 Å². The number of ether oxygens (including phenoxy) is 1. The van der Waals surface area contributed by atoms with Crippen molar-refractivity contribution in [3.05, 3.63) is 34.0 Å². The highest BCUT2D eigenvalue weighted by Gasteiger charge is 2.25. The second kappa shape index (κ2) is 7.76. The van der Waals surface area contributed by atoms with Crippen molar-refractivity contribution < 1.29 is 9.53 Å². The molecule has 2 heterocycles. The smallest absolute Gasteiger partial charge is 0.341 e. The van der Waals surface area contributed by atoms with Gasteiger partial charge in [-0.3, -0.25) is 5.10 Å². The van der Waals surface area contributed by atoms with Crippen molar-refractivity contribution in [3.8, 4) is 0 Å². The quantitative estimate of drug-likeness (QED) is 0.440. The molecule has 8 heteroatoms. The number of anilines is 1. The molecule has 0 aliphatic heterocycles. The number of thiophene rings is 1. The Morgan fingerprint density at radius 3 is 3.00 bits per heavy atom. The first kappa shape index (κ1) is 16.9. The molecule has 0 atom stereocenters. The fourth-order valence-corrected chi connectivity index (χ4v) is 4.38. The molecule has 6 nitrogen and oxygen atoms in total. The van der Waals surface area contributed by atoms with Gasteiger partial charge >= 0.3 is 5.97 Å². The number of thiocarbonyl (C=S) groups is 1. The number of hydrogen-bond donors (Lipinski definition) is 3. The molecule has 0 bridgehead atoms. The van der Waals surface area contributed by atoms with Crippen LogP contribution in [-0.4, -0.2) is 28.4 Å². The lowest BCUT2D eigenvalue weighted by molar-refractivity contribution is 0.0601. The number of aryl methyl sites for hydroxylation is 1. The third-order valence-corrected chi connectivity index (χ3v) is 5.49. The van der Waals surface area contributed by atoms with Crippen LogP contribution in [0, 0.1) is 0 Å². The largest absolute Gasteiger partial charge is 0.465 e. The van der Waals surface area contributed by atoms with Crippen LogP contribution >= 0.6 is 23.6 Å². The Morgan fingerprint density at radius 1 is 1.42 bits per heavy atom. The number of nitrogens with one attached hydrogen (secondary N) is 3. The van der Waals surface area contributed by atoms with E-state index in [-0.39, 0.29) is 5.97 Å². The number of carbonyl (C=O) groups excluding carboxylic acids is 1. The van der Waals surface area contributed by atoms with E-state index in [0.29, 0.717) is 17.2 Å². The molecule has 2 aromatic heterocycles. The van der Waals surface area contributed by atoms with E-state index in [1.54, 1.807) is 17.5 Å². The van der Waals surface area contributed by atoms with Crippen molar-refractivity contribution in [1.29, 1.82) is 0 Å². The van der Waals surface area contributed by atoms with Gasteiger partial charge in [-0.15, -0.1) is 11.3 Å². The highest BCUT2D eigenvalue weighted by atomic mass is 32.1. The molecule has 0 saturated carbocycles. The lowest BCUT2D eigenvalue weighted by Crippen LogP contribution is -2.28. The van der Waals surface area contributed by atoms with Gasteiger partial charge in [0, 0.05) is 11.1 Å². The van der Waals surface area contributed by atoms with Crippen LogP contribution in [0.5, 0.6) is 0 Å². The van der Waals surface area contributed by atoms with Gasteiger partial charge in [0.25, 0.3) is 0 Å². The first-order valence-corrected chi connectivity index (χ1v) is 9.17. The summed E-state index contributed by atoms with van der Waals surface area (Å²) in [5, 5.41) is 14.3. The van der Waals surface area contributed by atoms with E-state index < -0.39 is 0 Å². The van der Waals surface area contributed by atoms with E-state index in [9.17, 15) is 4.79 Å². The second-order valence-electron chi connectivity index (χ2n) is 5.65. The lowest BCUT2D eigenvalue weighted by atomic mass is 10.1. The maximum atomic E-state index is 12.3. The fourth-order valence-electron chi connectivity index (χ4n) is 2.85. The number of aromatic amines is 1. The monoisotopic (exact) mass is 364 g/mol. The average molecular weight is 364 g/mol. The summed E-state index contributed by atoms with van der Waals surface area (Å²) < 4.78 is 4.99. The van der Waals surface area contributed by atoms with Gasteiger partial charge in [0.2, 0.25) is 0 Å². The van der Waals surface area contributed by atoms with Gasteiger partial charge in [-0.05, 0) is 49.5 Å². The summed E-state index contributed by atoms with van der Waals surface area (Å²) in [4.78, 5) is 13.5. The molecule has 0 radical (unpaired) electrons. The van der Waals surface area contributed by atoms with Gasteiger partial charge in [0.05, 0.1) is 24.9 Å². The highest BCUT2D eigenvalue weighted by Crippen LogP contribution is 2.37. The van der Waals surface area contributed by atoms with Crippen molar-refractivity contribution in [3.63, 3.8) is 0 Å². The van der Waals surface area contributed by atoms with E-state index >= 15 is 0 Å². The zero-order valence-electron chi connectivity index (χ0n) is 13.5. The highest BCUT2D eigenvalue weighted by molar-refractivity contribution is 7.80. The van der Waals surface area contributed by atoms with E-state index in [4.69, 9.17) is 17.0 Å². The number of nitrogens with zero attached hydrogens (tertiary/aromatic N) is 1. The predicted octanol–water partition coefficient (Wildman–Crippen LogP) is 3.01. The molecule has 128 valence electrons. The fraction of sp³-hybridized carbons (Fsp3) is 0.438. The van der Waals surface area contributed by atoms with Gasteiger partial charge < -0.3 is 15.4 Å². The number of H-pyrrole nitrogens is 1. The molecule has 24 heavy (non-hydrogen) atoms. The van der Waals surface area contributed by atoms with Crippen LogP contribution < -0.4 is 10.6 Å². The first-order chi connectivity index (χ1) is 11.7. The molecule has 1 aliphatic rings. The van der Waals surface area contributed by atoms with E-state index in [1.165, 1.54) is 18.4 Å². The summed E-state index contributed by atoms with van der Waals surface area (Å²) in [5.74, 6) is -0.298. The zero-order valence-corrected chi connectivity index (χ0v) is 15.1. The van der Waals surface area contributed by atoms with Crippen LogP contribution in [0.15, 0.2) is 12.3 Å². The Hall–Kier alpha value is -1.93. The number of carbonyl (C=O) groups is 1. The minimum Gasteiger partial charge on any atom is -0.465 e. The van der Waals surface area contributed by atoms with Crippen molar-refractivity contribution in [2.45, 2.75) is 38.6 Å². The van der Waals surface area contributed by atoms with E-state index in [0.717, 1.165) is 41.9 Å². The number of rotatable bonds is 4. The Labute approximate surface area is 150 Å². The van der Waals surface area contributed by atoms with Gasteiger partial charge in [-0.2, -0.15) is 5.10 Å². The average Bonchev–Trinajstić information content (AvgIpc) is 3.15. The molecule has 0 saturated heterocycles. The SMILES string of the molecule is COC(=O)c1c(NC(=S)NCc2ccn[nH]2)sc2c1CCCCC2. The molecule has 1 aliphatic carbocycles. The van der Waals surface area contributed by atoms with Crippen LogP contribution in [0.3, 0.4) is 0 Å². The Balaban J connectivity index is 1.76. The molecular formula is C16H20N4O2S2. The molecule has 0 spiro atoms. The number of aromatic nitrogens is 2. The molecule has 0 amide bonds. The number of fused-ring (bicyclic) bond motifs is 1. The standard InChI is InChI=1S/C16H20N4O2S2/c1-22-15(21)13-11-5-3-2-4-6-12(11)24-14(13)19-16(23)17-9-10-7-8-18-20-10/h7-8H,2-6,9H2,1H3,(H,18,20)(H2,17,19,23). The summed E-state index contributed by atoms with van der Waals surface area (Å²) in [7, 11) is 1.42. The molecule has 0 fully saturated rings. The molecule has 0 unspecified atom stereocenters. The number of esters is 1.